The molecule has 2 rings (SSSR count). The molecule has 1 aliphatic rings. The van der Waals surface area contributed by atoms with E-state index >= 15 is 0 Å². The Labute approximate surface area is 75.3 Å². The zero-order chi connectivity index (χ0) is 9.42. The van der Waals surface area contributed by atoms with Crippen LogP contribution >= 0.6 is 0 Å². The molecule has 0 aliphatic carbocycles. The van der Waals surface area contributed by atoms with Gasteiger partial charge in [0.1, 0.15) is 5.75 Å². The smallest absolute Gasteiger partial charge is 0.315 e. The molecule has 1 aromatic rings. The highest BCUT2D eigenvalue weighted by atomic mass is 16.5. The van der Waals surface area contributed by atoms with Gasteiger partial charge in [-0.2, -0.15) is 0 Å². The van der Waals surface area contributed by atoms with Crippen molar-refractivity contribution in [2.75, 3.05) is 0 Å². The average molecular weight is 176 g/mol. The summed E-state index contributed by atoms with van der Waals surface area (Å²) in [5.74, 6) is 0.249. The third-order valence-corrected chi connectivity index (χ3v) is 2.03. The predicted octanol–water partition coefficient (Wildman–Crippen LogP) is 1.35. The monoisotopic (exact) mass is 176 g/mol. The molecule has 0 saturated heterocycles. The van der Waals surface area contributed by atoms with Crippen molar-refractivity contribution >= 4 is 11.8 Å². The molecule has 0 bridgehead atoms. The molecular weight excluding hydrogens is 168 g/mol. The largest absolute Gasteiger partial charge is 0.426 e. The molecule has 0 saturated carbocycles. The van der Waals surface area contributed by atoms with Crippen LogP contribution in [-0.4, -0.2) is 11.8 Å². The normalized spacial score (nSPS) is 13.8. The van der Waals surface area contributed by atoms with Crippen molar-refractivity contribution in [1.29, 1.82) is 0 Å². The first-order chi connectivity index (χ1) is 6.16. The van der Waals surface area contributed by atoms with Crippen molar-refractivity contribution in [3.05, 3.63) is 29.3 Å². The maximum Gasteiger partial charge on any atom is 0.315 e. The zero-order valence-electron chi connectivity index (χ0n) is 7.16. The lowest BCUT2D eigenvalue weighted by Crippen LogP contribution is -2.00. The summed E-state index contributed by atoms with van der Waals surface area (Å²) in [7, 11) is 0. The average Bonchev–Trinajstić information content (AvgIpc) is 2.42. The number of carbonyl (C=O) groups excluding carboxylic acids is 2. The summed E-state index contributed by atoms with van der Waals surface area (Å²) in [6.45, 7) is 1.48. The van der Waals surface area contributed by atoms with E-state index in [0.29, 0.717) is 17.7 Å². The molecule has 1 aromatic carbocycles. The number of benzene rings is 1. The van der Waals surface area contributed by atoms with Gasteiger partial charge in [-0.15, -0.1) is 0 Å². The van der Waals surface area contributed by atoms with Crippen molar-refractivity contribution in [3.63, 3.8) is 0 Å². The Morgan fingerprint density at radius 1 is 1.46 bits per heavy atom. The topological polar surface area (TPSA) is 43.4 Å². The minimum absolute atomic E-state index is 0.0225. The SMILES string of the molecule is CC(=O)c1ccc2c(c1)OC(=O)C2. The van der Waals surface area contributed by atoms with Gasteiger partial charge in [-0.3, -0.25) is 9.59 Å². The Kier molecular flexibility index (Phi) is 1.65. The van der Waals surface area contributed by atoms with Crippen molar-refractivity contribution in [3.8, 4) is 5.75 Å². The molecule has 0 spiro atoms. The number of esters is 1. The first-order valence-corrected chi connectivity index (χ1v) is 4.01. The molecule has 1 aliphatic heterocycles. The lowest BCUT2D eigenvalue weighted by molar-refractivity contribution is -0.131. The van der Waals surface area contributed by atoms with E-state index in [1.165, 1.54) is 6.92 Å². The highest BCUT2D eigenvalue weighted by Crippen LogP contribution is 2.26. The van der Waals surface area contributed by atoms with E-state index in [4.69, 9.17) is 4.74 Å². The summed E-state index contributed by atoms with van der Waals surface area (Å²) in [6, 6.07) is 5.09. The number of hydrogen-bond acceptors (Lipinski definition) is 3. The number of hydrogen-bond donors (Lipinski definition) is 0. The van der Waals surface area contributed by atoms with Gasteiger partial charge in [0.25, 0.3) is 0 Å². The Balaban J connectivity index is 2.45. The second-order valence-electron chi connectivity index (χ2n) is 3.03. The summed E-state index contributed by atoms with van der Waals surface area (Å²) in [6.07, 6.45) is 0.313. The first-order valence-electron chi connectivity index (χ1n) is 4.01. The Morgan fingerprint density at radius 3 is 2.92 bits per heavy atom. The zero-order valence-corrected chi connectivity index (χ0v) is 7.16. The minimum atomic E-state index is -0.254. The van der Waals surface area contributed by atoms with Gasteiger partial charge in [0.05, 0.1) is 6.42 Å². The van der Waals surface area contributed by atoms with Crippen LogP contribution < -0.4 is 4.74 Å². The van der Waals surface area contributed by atoms with Gasteiger partial charge in [-0.05, 0) is 13.0 Å². The molecule has 3 nitrogen and oxygen atoms in total. The van der Waals surface area contributed by atoms with Crippen LogP contribution in [0.1, 0.15) is 22.8 Å². The molecular formula is C10H8O3. The lowest BCUT2D eigenvalue weighted by atomic mass is 10.1. The quantitative estimate of drug-likeness (QED) is 0.368. The third-order valence-electron chi connectivity index (χ3n) is 2.03. The van der Waals surface area contributed by atoms with Crippen molar-refractivity contribution in [2.45, 2.75) is 13.3 Å². The predicted molar refractivity (Wildman–Crippen MR) is 45.8 cm³/mol. The molecule has 0 unspecified atom stereocenters. The van der Waals surface area contributed by atoms with Crippen molar-refractivity contribution in [2.24, 2.45) is 0 Å². The van der Waals surface area contributed by atoms with Crippen LogP contribution in [0.5, 0.6) is 5.75 Å². The van der Waals surface area contributed by atoms with E-state index < -0.39 is 0 Å². The fourth-order valence-electron chi connectivity index (χ4n) is 1.33. The van der Waals surface area contributed by atoms with Gasteiger partial charge >= 0.3 is 5.97 Å². The minimum Gasteiger partial charge on any atom is -0.426 e. The fourth-order valence-corrected chi connectivity index (χ4v) is 1.33. The molecule has 0 N–H and O–H groups in total. The molecule has 13 heavy (non-hydrogen) atoms. The highest BCUT2D eigenvalue weighted by molar-refractivity contribution is 5.95. The summed E-state index contributed by atoms with van der Waals surface area (Å²) < 4.78 is 4.91. The van der Waals surface area contributed by atoms with E-state index in [1.54, 1.807) is 18.2 Å². The molecule has 0 amide bonds. The molecule has 66 valence electrons. The Morgan fingerprint density at radius 2 is 2.23 bits per heavy atom. The lowest BCUT2D eigenvalue weighted by Gasteiger charge is -1.98. The summed E-state index contributed by atoms with van der Waals surface area (Å²) in [5.41, 5.74) is 1.43. The Bertz CT molecular complexity index is 393. The van der Waals surface area contributed by atoms with Crippen molar-refractivity contribution < 1.29 is 14.3 Å². The summed E-state index contributed by atoms with van der Waals surface area (Å²) in [5, 5.41) is 0. The van der Waals surface area contributed by atoms with E-state index in [0.717, 1.165) is 5.56 Å². The maximum atomic E-state index is 11.0. The van der Waals surface area contributed by atoms with E-state index in [-0.39, 0.29) is 11.8 Å². The van der Waals surface area contributed by atoms with Gasteiger partial charge in [-0.25, -0.2) is 0 Å². The van der Waals surface area contributed by atoms with Gasteiger partial charge in [-0.1, -0.05) is 12.1 Å². The second kappa shape index (κ2) is 2.69. The first kappa shape index (κ1) is 7.98. The van der Waals surface area contributed by atoms with Crippen LogP contribution in [0, 0.1) is 0 Å². The molecule has 0 atom stereocenters. The van der Waals surface area contributed by atoms with Crippen LogP contribution in [0.2, 0.25) is 0 Å². The van der Waals surface area contributed by atoms with Gasteiger partial charge < -0.3 is 4.74 Å². The van der Waals surface area contributed by atoms with E-state index in [9.17, 15) is 9.59 Å². The van der Waals surface area contributed by atoms with E-state index in [2.05, 4.69) is 0 Å². The van der Waals surface area contributed by atoms with Gasteiger partial charge in [0, 0.05) is 11.1 Å². The van der Waals surface area contributed by atoms with Gasteiger partial charge in [0.2, 0.25) is 0 Å². The van der Waals surface area contributed by atoms with Crippen LogP contribution in [-0.2, 0) is 11.2 Å². The number of fused-ring (bicyclic) bond motifs is 1. The summed E-state index contributed by atoms with van der Waals surface area (Å²) in [4.78, 5) is 21.9. The molecule has 0 aromatic heterocycles. The number of ketones is 1. The summed E-state index contributed by atoms with van der Waals surface area (Å²) >= 11 is 0. The van der Waals surface area contributed by atoms with Crippen LogP contribution in [0.15, 0.2) is 18.2 Å². The fraction of sp³-hybridized carbons (Fsp3) is 0.200. The maximum absolute atomic E-state index is 11.0. The molecule has 0 fully saturated rings. The van der Waals surface area contributed by atoms with Gasteiger partial charge in [0.15, 0.2) is 5.78 Å². The highest BCUT2D eigenvalue weighted by Gasteiger charge is 2.20. The van der Waals surface area contributed by atoms with Crippen LogP contribution in [0.4, 0.5) is 0 Å². The number of Topliss-reactive ketones (excluding diaryl/α,β-unsaturated/α-hetero) is 1. The molecule has 0 radical (unpaired) electrons. The Hall–Kier alpha value is -1.64. The number of carbonyl (C=O) groups is 2. The van der Waals surface area contributed by atoms with E-state index in [1.807, 2.05) is 0 Å². The number of rotatable bonds is 1. The molecule has 1 heterocycles. The van der Waals surface area contributed by atoms with Crippen molar-refractivity contribution in [1.82, 2.24) is 0 Å². The standard InChI is InChI=1S/C10H8O3/c1-6(11)7-2-3-8-5-10(12)13-9(8)4-7/h2-4H,5H2,1H3. The third kappa shape index (κ3) is 1.33. The van der Waals surface area contributed by atoms with Crippen LogP contribution in [0.25, 0.3) is 0 Å². The molecule has 3 heteroatoms. The number of ether oxygens (including phenoxy) is 1. The van der Waals surface area contributed by atoms with Crippen LogP contribution in [0.3, 0.4) is 0 Å². The second-order valence-corrected chi connectivity index (χ2v) is 3.03.